The Labute approximate surface area is 469 Å². The lowest BCUT2D eigenvalue weighted by Crippen LogP contribution is -2.09. The summed E-state index contributed by atoms with van der Waals surface area (Å²) in [6.07, 6.45) is 0. The molecule has 0 aliphatic rings. The van der Waals surface area contributed by atoms with Crippen LogP contribution in [-0.4, -0.2) is 14.5 Å². The highest BCUT2D eigenvalue weighted by atomic mass is 15.1. The molecule has 0 atom stereocenters. The topological polar surface area (TPSA) is 109 Å². The second-order valence-electron chi connectivity index (χ2n) is 19.5. The van der Waals surface area contributed by atoms with Crippen molar-refractivity contribution in [2.24, 2.45) is 0 Å². The highest BCUT2D eigenvalue weighted by molar-refractivity contribution is 6.12. The molecule has 13 aromatic rings. The fourth-order valence-corrected chi connectivity index (χ4v) is 10.9. The number of hydrogen-bond acceptors (Lipinski definition) is 7. The Kier molecular flexibility index (Phi) is 12.9. The first-order chi connectivity index (χ1) is 40.0. The van der Waals surface area contributed by atoms with Crippen molar-refractivity contribution >= 4 is 55.9 Å². The summed E-state index contributed by atoms with van der Waals surface area (Å²) in [5, 5.41) is 32.9. The molecule has 81 heavy (non-hydrogen) atoms. The van der Waals surface area contributed by atoms with Crippen LogP contribution in [0.2, 0.25) is 0 Å². The molecule has 0 unspecified atom stereocenters. The highest BCUT2D eigenvalue weighted by Crippen LogP contribution is 2.43. The normalized spacial score (nSPS) is 10.9. The van der Waals surface area contributed by atoms with Crippen molar-refractivity contribution < 1.29 is 0 Å². The number of hydrogen-bond donors (Lipinski definition) is 0. The lowest BCUT2D eigenvalue weighted by Gasteiger charge is -2.26. The van der Waals surface area contributed by atoms with Gasteiger partial charge in [0.15, 0.2) is 5.82 Å². The zero-order chi connectivity index (χ0) is 54.7. The Balaban J connectivity index is 0.859. The van der Waals surface area contributed by atoms with Crippen LogP contribution in [0.5, 0.6) is 0 Å². The average molecular weight is 1040 g/mol. The van der Waals surface area contributed by atoms with E-state index in [1.807, 2.05) is 42.5 Å². The maximum Gasteiger partial charge on any atom is 0.161 e. The van der Waals surface area contributed by atoms with E-state index in [-0.39, 0.29) is 0 Å². The maximum atomic E-state index is 10.6. The van der Waals surface area contributed by atoms with Crippen LogP contribution in [0.1, 0.15) is 16.7 Å². The molecule has 0 aliphatic carbocycles. The van der Waals surface area contributed by atoms with Gasteiger partial charge in [0.25, 0.3) is 0 Å². The minimum absolute atomic E-state index is 0.325. The number of benzene rings is 11. The molecule has 0 radical (unpaired) electrons. The van der Waals surface area contributed by atoms with Gasteiger partial charge in [0.05, 0.1) is 57.3 Å². The number of rotatable bonds is 12. The molecule has 0 saturated heterocycles. The molecule has 378 valence electrons. The summed E-state index contributed by atoms with van der Waals surface area (Å²) in [5.74, 6) is 0.325. The smallest absolute Gasteiger partial charge is 0.161 e. The van der Waals surface area contributed by atoms with Crippen molar-refractivity contribution in [1.82, 2.24) is 14.5 Å². The van der Waals surface area contributed by atoms with Crippen molar-refractivity contribution in [3.05, 3.63) is 296 Å². The predicted octanol–water partition coefficient (Wildman–Crippen LogP) is 18.5. The van der Waals surface area contributed by atoms with E-state index in [1.54, 1.807) is 30.3 Å². The van der Waals surface area contributed by atoms with Crippen molar-refractivity contribution in [2.45, 2.75) is 0 Å². The molecule has 0 bridgehead atoms. The fraction of sp³-hybridized carbons (Fsp3) is 0. The van der Waals surface area contributed by atoms with Crippen molar-refractivity contribution in [1.29, 1.82) is 15.8 Å². The Morgan fingerprint density at radius 1 is 0.296 bits per heavy atom. The molecule has 0 spiro atoms. The molecule has 0 aliphatic heterocycles. The van der Waals surface area contributed by atoms with Crippen LogP contribution in [-0.2, 0) is 0 Å². The van der Waals surface area contributed by atoms with Crippen LogP contribution in [0.3, 0.4) is 0 Å². The zero-order valence-corrected chi connectivity index (χ0v) is 43.6. The van der Waals surface area contributed by atoms with Gasteiger partial charge < -0.3 is 14.4 Å². The first-order valence-corrected chi connectivity index (χ1v) is 26.6. The monoisotopic (exact) mass is 1030 g/mol. The van der Waals surface area contributed by atoms with Gasteiger partial charge in [-0.3, -0.25) is 0 Å². The number of nitriles is 3. The summed E-state index contributed by atoms with van der Waals surface area (Å²) >= 11 is 0. The van der Waals surface area contributed by atoms with Crippen LogP contribution >= 0.6 is 0 Å². The lowest BCUT2D eigenvalue weighted by atomic mass is 9.95. The van der Waals surface area contributed by atoms with Crippen molar-refractivity contribution in [2.75, 3.05) is 9.80 Å². The summed E-state index contributed by atoms with van der Waals surface area (Å²) in [4.78, 5) is 14.4. The Morgan fingerprint density at radius 3 is 1.12 bits per heavy atom. The fourth-order valence-electron chi connectivity index (χ4n) is 10.9. The second kappa shape index (κ2) is 21.4. The Bertz CT molecular complexity index is 4300. The molecule has 0 N–H and O–H groups in total. The molecule has 0 fully saturated rings. The second-order valence-corrected chi connectivity index (χ2v) is 19.5. The molecule has 2 heterocycles. The molecule has 0 amide bonds. The highest BCUT2D eigenvalue weighted by Gasteiger charge is 2.22. The summed E-state index contributed by atoms with van der Waals surface area (Å²) < 4.78 is 2.37. The van der Waals surface area contributed by atoms with E-state index < -0.39 is 0 Å². The van der Waals surface area contributed by atoms with Gasteiger partial charge in [-0.2, -0.15) is 15.8 Å². The average Bonchev–Trinajstić information content (AvgIpc) is 4.02. The van der Waals surface area contributed by atoms with Crippen LogP contribution in [0.4, 0.5) is 34.1 Å². The first kappa shape index (κ1) is 49.0. The molecule has 8 nitrogen and oxygen atoms in total. The number of para-hydroxylation sites is 4. The summed E-state index contributed by atoms with van der Waals surface area (Å²) in [6, 6.07) is 102. The van der Waals surface area contributed by atoms with Gasteiger partial charge in [-0.05, 0) is 150 Å². The van der Waals surface area contributed by atoms with E-state index in [1.165, 1.54) is 0 Å². The van der Waals surface area contributed by atoms with E-state index in [0.717, 1.165) is 83.9 Å². The molecule has 0 saturated carbocycles. The van der Waals surface area contributed by atoms with Crippen molar-refractivity contribution in [3.8, 4) is 80.1 Å². The lowest BCUT2D eigenvalue weighted by molar-refractivity contribution is 1.18. The van der Waals surface area contributed by atoms with Crippen LogP contribution in [0.15, 0.2) is 279 Å². The standard InChI is InChI=1S/C73H46N8/c74-47-54-17-13-15-27-64(54)69-46-70(78-73(77-69)66-28-16-14-18-55(66)48-75)65-40-35-53(43-56(65)49-76)52-31-29-50(30-32-52)51-33-36-61(37-34-51)81-71-41-38-62(79(57-19-5-1-6-20-57)58-21-7-2-8-22-58)44-67(71)68-45-63(39-42-72(68)81)80(59-23-9-3-10-24-59)60-25-11-4-12-26-60/h1-46H. The van der Waals surface area contributed by atoms with Gasteiger partial charge in [-0.1, -0.05) is 152 Å². The third-order valence-electron chi connectivity index (χ3n) is 14.7. The summed E-state index contributed by atoms with van der Waals surface area (Å²) in [5.41, 5.74) is 17.7. The minimum Gasteiger partial charge on any atom is -0.310 e. The van der Waals surface area contributed by atoms with Gasteiger partial charge in [0, 0.05) is 67.3 Å². The number of nitrogens with zero attached hydrogens (tertiary/aromatic N) is 8. The van der Waals surface area contributed by atoms with Crippen LogP contribution in [0.25, 0.3) is 83.6 Å². The molecular weight excluding hydrogens is 989 g/mol. The molecular formula is C73H46N8. The molecule has 13 rings (SSSR count). The van der Waals surface area contributed by atoms with E-state index >= 15 is 0 Å². The molecule has 11 aromatic carbocycles. The summed E-state index contributed by atoms with van der Waals surface area (Å²) in [7, 11) is 0. The minimum atomic E-state index is 0.325. The van der Waals surface area contributed by atoms with Gasteiger partial charge in [-0.15, -0.1) is 0 Å². The van der Waals surface area contributed by atoms with Crippen molar-refractivity contribution in [3.63, 3.8) is 0 Å². The SMILES string of the molecule is N#Cc1ccccc1-c1cc(-c2ccc(-c3ccc(-c4ccc(-n5c6ccc(N(c7ccccc7)c7ccccc7)cc6c6cc(N(c7ccccc7)c7ccccc7)ccc65)cc4)cc3)cc2C#N)nc(-c2ccccc2C#N)n1. The first-order valence-electron chi connectivity index (χ1n) is 26.6. The van der Waals surface area contributed by atoms with Gasteiger partial charge >= 0.3 is 0 Å². The number of fused-ring (bicyclic) bond motifs is 3. The Morgan fingerprint density at radius 2 is 0.667 bits per heavy atom. The van der Waals surface area contributed by atoms with Gasteiger partial charge in [-0.25, -0.2) is 9.97 Å². The quantitative estimate of drug-likeness (QED) is 0.120. The third-order valence-corrected chi connectivity index (χ3v) is 14.7. The Hall–Kier alpha value is -11.6. The largest absolute Gasteiger partial charge is 0.310 e. The van der Waals surface area contributed by atoms with E-state index in [0.29, 0.717) is 50.6 Å². The molecule has 2 aromatic heterocycles. The maximum absolute atomic E-state index is 10.6. The molecule has 8 heteroatoms. The van der Waals surface area contributed by atoms with Crippen LogP contribution in [0, 0.1) is 34.0 Å². The zero-order valence-electron chi connectivity index (χ0n) is 43.6. The van der Waals surface area contributed by atoms with E-state index in [9.17, 15) is 15.8 Å². The van der Waals surface area contributed by atoms with Gasteiger partial charge in [0.2, 0.25) is 0 Å². The number of aromatic nitrogens is 3. The predicted molar refractivity (Wildman–Crippen MR) is 327 cm³/mol. The van der Waals surface area contributed by atoms with E-state index in [2.05, 4.69) is 239 Å². The summed E-state index contributed by atoms with van der Waals surface area (Å²) in [6.45, 7) is 0. The number of anilines is 6. The van der Waals surface area contributed by atoms with E-state index in [4.69, 9.17) is 9.97 Å². The third kappa shape index (κ3) is 9.36. The van der Waals surface area contributed by atoms with Gasteiger partial charge in [0.1, 0.15) is 0 Å². The van der Waals surface area contributed by atoms with Crippen LogP contribution < -0.4 is 9.80 Å².